The minimum atomic E-state index is -4.92. The molecule has 0 fully saturated rings. The third-order valence-electron chi connectivity index (χ3n) is 1.99. The van der Waals surface area contributed by atoms with Gasteiger partial charge in [-0.3, -0.25) is 0 Å². The molecular weight excluding hydrogens is 301 g/mol. The van der Waals surface area contributed by atoms with Crippen LogP contribution in [0.2, 0.25) is 0 Å². The van der Waals surface area contributed by atoms with E-state index < -0.39 is 44.8 Å². The molecule has 0 unspecified atom stereocenters. The van der Waals surface area contributed by atoms with Crippen molar-refractivity contribution in [1.82, 2.24) is 9.97 Å². The van der Waals surface area contributed by atoms with Gasteiger partial charge >= 0.3 is 12.1 Å². The predicted octanol–water partition coefficient (Wildman–Crippen LogP) is 1.22. The number of carbonyl (C=O) groups excluding carboxylic acids is 1. The van der Waals surface area contributed by atoms with Crippen LogP contribution in [0.5, 0.6) is 0 Å². The van der Waals surface area contributed by atoms with E-state index in [9.17, 15) is 26.4 Å². The highest BCUT2D eigenvalue weighted by atomic mass is 32.2. The molecule has 0 bridgehead atoms. The number of carbonyl (C=O) groups is 1. The van der Waals surface area contributed by atoms with Gasteiger partial charge in [-0.15, -0.1) is 0 Å². The first-order valence-corrected chi connectivity index (χ1v) is 7.38. The van der Waals surface area contributed by atoms with Gasteiger partial charge in [0.25, 0.3) is 0 Å². The fourth-order valence-corrected chi connectivity index (χ4v) is 1.90. The van der Waals surface area contributed by atoms with Crippen molar-refractivity contribution in [2.75, 3.05) is 12.9 Å². The van der Waals surface area contributed by atoms with Gasteiger partial charge < -0.3 is 4.74 Å². The Morgan fingerprint density at radius 2 is 2.00 bits per heavy atom. The molecule has 1 heterocycles. The molecule has 20 heavy (non-hydrogen) atoms. The summed E-state index contributed by atoms with van der Waals surface area (Å²) in [5, 5.41) is 0. The average molecular weight is 312 g/mol. The van der Waals surface area contributed by atoms with E-state index in [4.69, 9.17) is 0 Å². The average Bonchev–Trinajstić information content (AvgIpc) is 2.25. The molecule has 1 aromatic heterocycles. The van der Waals surface area contributed by atoms with Crippen LogP contribution < -0.4 is 0 Å². The number of hydrogen-bond acceptors (Lipinski definition) is 6. The van der Waals surface area contributed by atoms with Gasteiger partial charge in [0.1, 0.15) is 17.1 Å². The minimum absolute atomic E-state index is 0.110. The monoisotopic (exact) mass is 312 g/mol. The fraction of sp³-hybridized carbons (Fsp3) is 0.500. The first kappa shape index (κ1) is 16.3. The van der Waals surface area contributed by atoms with Crippen molar-refractivity contribution in [3.05, 3.63) is 23.3 Å². The zero-order valence-corrected chi connectivity index (χ0v) is 11.4. The Morgan fingerprint density at radius 3 is 2.45 bits per heavy atom. The van der Waals surface area contributed by atoms with Crippen molar-refractivity contribution < 1.29 is 31.1 Å². The summed E-state index contributed by atoms with van der Waals surface area (Å²) in [7, 11) is -3.59. The number of hydrogen-bond donors (Lipinski definition) is 0. The molecule has 0 aliphatic carbocycles. The third-order valence-corrected chi connectivity index (χ3v) is 2.78. The molecule has 0 saturated carbocycles. The Labute approximate surface area is 112 Å². The Balaban J connectivity index is 3.31. The quantitative estimate of drug-likeness (QED) is 0.777. The molecule has 0 aliphatic heterocycles. The van der Waals surface area contributed by atoms with Crippen LogP contribution in [0.1, 0.15) is 28.8 Å². The number of alkyl halides is 3. The van der Waals surface area contributed by atoms with E-state index in [1.807, 2.05) is 0 Å². The fourth-order valence-electron chi connectivity index (χ4n) is 1.30. The molecule has 0 amide bonds. The lowest BCUT2D eigenvalue weighted by atomic mass is 10.2. The van der Waals surface area contributed by atoms with Gasteiger partial charge in [-0.05, 0) is 6.92 Å². The van der Waals surface area contributed by atoms with Crippen LogP contribution in [0.25, 0.3) is 0 Å². The number of sulfone groups is 1. The van der Waals surface area contributed by atoms with Crippen LogP contribution in [-0.2, 0) is 26.5 Å². The molecule has 10 heteroatoms. The standard InChI is InChI=1S/C10H11F3N2O4S/c1-3-19-9(16)6-4-14-7(5-20(2,17)18)15-8(6)10(11,12)13/h4H,3,5H2,1-2H3. The Morgan fingerprint density at radius 1 is 1.40 bits per heavy atom. The highest BCUT2D eigenvalue weighted by molar-refractivity contribution is 7.89. The molecule has 0 saturated heterocycles. The van der Waals surface area contributed by atoms with E-state index in [2.05, 4.69) is 14.7 Å². The second-order valence-electron chi connectivity index (χ2n) is 3.84. The summed E-state index contributed by atoms with van der Waals surface area (Å²) in [6.07, 6.45) is -3.46. The van der Waals surface area contributed by atoms with Gasteiger partial charge in [-0.2, -0.15) is 13.2 Å². The lowest BCUT2D eigenvalue weighted by Gasteiger charge is -2.11. The van der Waals surface area contributed by atoms with E-state index in [-0.39, 0.29) is 6.61 Å². The van der Waals surface area contributed by atoms with Crippen LogP contribution in [0, 0.1) is 0 Å². The zero-order chi connectivity index (χ0) is 15.6. The molecule has 0 aromatic carbocycles. The second kappa shape index (κ2) is 5.73. The van der Waals surface area contributed by atoms with Gasteiger partial charge in [-0.25, -0.2) is 23.2 Å². The molecule has 0 aliphatic rings. The number of halogens is 3. The first-order valence-electron chi connectivity index (χ1n) is 5.32. The summed E-state index contributed by atoms with van der Waals surface area (Å²) in [5.41, 5.74) is -2.36. The van der Waals surface area contributed by atoms with E-state index in [0.29, 0.717) is 6.20 Å². The highest BCUT2D eigenvalue weighted by Gasteiger charge is 2.38. The van der Waals surface area contributed by atoms with E-state index in [1.165, 1.54) is 6.92 Å². The number of rotatable bonds is 4. The first-order chi connectivity index (χ1) is 9.04. The van der Waals surface area contributed by atoms with Crippen molar-refractivity contribution in [1.29, 1.82) is 0 Å². The third kappa shape index (κ3) is 4.44. The largest absolute Gasteiger partial charge is 0.462 e. The normalized spacial score (nSPS) is 12.2. The van der Waals surface area contributed by atoms with Crippen molar-refractivity contribution in [3.8, 4) is 0 Å². The van der Waals surface area contributed by atoms with Crippen molar-refractivity contribution in [3.63, 3.8) is 0 Å². The topological polar surface area (TPSA) is 86.2 Å². The molecule has 112 valence electrons. The smallest absolute Gasteiger partial charge is 0.434 e. The lowest BCUT2D eigenvalue weighted by Crippen LogP contribution is -2.20. The molecule has 0 spiro atoms. The number of ether oxygens (including phenoxy) is 1. The molecule has 6 nitrogen and oxygen atoms in total. The predicted molar refractivity (Wildman–Crippen MR) is 61.5 cm³/mol. The van der Waals surface area contributed by atoms with Crippen molar-refractivity contribution >= 4 is 15.8 Å². The Hall–Kier alpha value is -1.71. The summed E-state index contributed by atoms with van der Waals surface area (Å²) in [4.78, 5) is 18.0. The Kier molecular flexibility index (Phi) is 4.69. The molecule has 0 N–H and O–H groups in total. The SMILES string of the molecule is CCOC(=O)c1cnc(CS(C)(=O)=O)nc1C(F)(F)F. The van der Waals surface area contributed by atoms with Crippen LogP contribution in [0.4, 0.5) is 13.2 Å². The minimum Gasteiger partial charge on any atom is -0.462 e. The second-order valence-corrected chi connectivity index (χ2v) is 5.98. The molecule has 0 radical (unpaired) electrons. The maximum atomic E-state index is 12.8. The zero-order valence-electron chi connectivity index (χ0n) is 10.6. The van der Waals surface area contributed by atoms with Gasteiger partial charge in [0, 0.05) is 12.5 Å². The number of esters is 1. The maximum absolute atomic E-state index is 12.8. The summed E-state index contributed by atoms with van der Waals surface area (Å²) < 4.78 is 65.0. The van der Waals surface area contributed by atoms with E-state index in [0.717, 1.165) is 6.26 Å². The summed E-state index contributed by atoms with van der Waals surface area (Å²) in [5.74, 6) is -2.50. The highest BCUT2D eigenvalue weighted by Crippen LogP contribution is 2.30. The van der Waals surface area contributed by atoms with Gasteiger partial charge in [-0.1, -0.05) is 0 Å². The maximum Gasteiger partial charge on any atom is 0.434 e. The number of aromatic nitrogens is 2. The van der Waals surface area contributed by atoms with Crippen LogP contribution in [0.3, 0.4) is 0 Å². The number of nitrogens with zero attached hydrogens (tertiary/aromatic N) is 2. The van der Waals surface area contributed by atoms with Crippen molar-refractivity contribution in [2.45, 2.75) is 18.9 Å². The molecular formula is C10H11F3N2O4S. The lowest BCUT2D eigenvalue weighted by molar-refractivity contribution is -0.142. The van der Waals surface area contributed by atoms with Gasteiger partial charge in [0.05, 0.1) is 6.61 Å². The van der Waals surface area contributed by atoms with Crippen LogP contribution in [-0.4, -0.2) is 37.2 Å². The summed E-state index contributed by atoms with van der Waals surface area (Å²) in [6.45, 7) is 1.32. The van der Waals surface area contributed by atoms with Crippen molar-refractivity contribution in [2.24, 2.45) is 0 Å². The van der Waals surface area contributed by atoms with Crippen LogP contribution >= 0.6 is 0 Å². The van der Waals surface area contributed by atoms with E-state index in [1.54, 1.807) is 0 Å². The molecule has 0 atom stereocenters. The van der Waals surface area contributed by atoms with Gasteiger partial charge in [0.15, 0.2) is 15.5 Å². The molecule has 1 aromatic rings. The Bertz CT molecular complexity index is 613. The van der Waals surface area contributed by atoms with Crippen LogP contribution in [0.15, 0.2) is 6.20 Å². The van der Waals surface area contributed by atoms with E-state index >= 15 is 0 Å². The molecule has 1 rings (SSSR count). The van der Waals surface area contributed by atoms with Gasteiger partial charge in [0.2, 0.25) is 0 Å². The summed E-state index contributed by atoms with van der Waals surface area (Å²) in [6, 6.07) is 0. The summed E-state index contributed by atoms with van der Waals surface area (Å²) >= 11 is 0.